The first kappa shape index (κ1) is 13.5. The van der Waals surface area contributed by atoms with Crippen molar-refractivity contribution in [2.75, 3.05) is 0 Å². The topological polar surface area (TPSA) is 47.0 Å². The molecular formula is C14H13BrFN3O. The quantitative estimate of drug-likeness (QED) is 0.908. The fourth-order valence-electron chi connectivity index (χ4n) is 1.72. The number of aromatic nitrogens is 2. The minimum atomic E-state index is -0.328. The molecular weight excluding hydrogens is 325 g/mol. The molecule has 0 radical (unpaired) electrons. The molecule has 1 fully saturated rings. The molecule has 0 spiro atoms. The monoisotopic (exact) mass is 337 g/mol. The maximum absolute atomic E-state index is 13.1. The van der Waals surface area contributed by atoms with Crippen LogP contribution in [0.1, 0.15) is 18.5 Å². The van der Waals surface area contributed by atoms with E-state index in [0.29, 0.717) is 28.7 Å². The van der Waals surface area contributed by atoms with Gasteiger partial charge < -0.3 is 10.1 Å². The third kappa shape index (κ3) is 3.52. The number of nitrogens with one attached hydrogen (secondary N) is 1. The standard InChI is InChI=1S/C14H13BrFN3O/c15-12-5-11(3-4-13(12)16)20-14-8-17-6-10(19-14)7-18-9-1-2-9/h3-6,8-9,18H,1-2,7H2. The van der Waals surface area contributed by atoms with Crippen molar-refractivity contribution >= 4 is 15.9 Å². The molecule has 6 heteroatoms. The van der Waals surface area contributed by atoms with Gasteiger partial charge in [-0.15, -0.1) is 0 Å². The molecule has 4 nitrogen and oxygen atoms in total. The number of benzene rings is 1. The lowest BCUT2D eigenvalue weighted by Gasteiger charge is -2.07. The van der Waals surface area contributed by atoms with E-state index in [1.165, 1.54) is 25.1 Å². The van der Waals surface area contributed by atoms with Gasteiger partial charge in [0.1, 0.15) is 11.6 Å². The van der Waals surface area contributed by atoms with Crippen LogP contribution in [0.25, 0.3) is 0 Å². The molecule has 0 bridgehead atoms. The van der Waals surface area contributed by atoms with Gasteiger partial charge in [-0.3, -0.25) is 4.98 Å². The molecule has 0 aliphatic heterocycles. The first-order valence-corrected chi connectivity index (χ1v) is 7.17. The van der Waals surface area contributed by atoms with Crippen molar-refractivity contribution in [2.45, 2.75) is 25.4 Å². The van der Waals surface area contributed by atoms with Gasteiger partial charge in [0.25, 0.3) is 0 Å². The third-order valence-corrected chi connectivity index (χ3v) is 3.53. The van der Waals surface area contributed by atoms with Gasteiger partial charge in [-0.2, -0.15) is 0 Å². The number of ether oxygens (including phenoxy) is 1. The highest BCUT2D eigenvalue weighted by Crippen LogP contribution is 2.25. The molecule has 1 N–H and O–H groups in total. The Morgan fingerprint density at radius 2 is 2.20 bits per heavy atom. The smallest absolute Gasteiger partial charge is 0.238 e. The number of halogens is 2. The number of nitrogens with zero attached hydrogens (tertiary/aromatic N) is 2. The average Bonchev–Trinajstić information content (AvgIpc) is 3.25. The highest BCUT2D eigenvalue weighted by Gasteiger charge is 2.20. The molecule has 1 heterocycles. The lowest BCUT2D eigenvalue weighted by Crippen LogP contribution is -2.16. The van der Waals surface area contributed by atoms with Crippen LogP contribution in [0.2, 0.25) is 0 Å². The summed E-state index contributed by atoms with van der Waals surface area (Å²) in [6.07, 6.45) is 5.71. The minimum Gasteiger partial charge on any atom is -0.437 e. The second kappa shape index (κ2) is 5.85. The van der Waals surface area contributed by atoms with E-state index < -0.39 is 0 Å². The van der Waals surface area contributed by atoms with E-state index in [1.807, 2.05) is 0 Å². The Labute approximate surface area is 124 Å². The van der Waals surface area contributed by atoms with E-state index in [0.717, 1.165) is 5.69 Å². The maximum atomic E-state index is 13.1. The normalized spacial score (nSPS) is 14.3. The predicted molar refractivity (Wildman–Crippen MR) is 76.1 cm³/mol. The summed E-state index contributed by atoms with van der Waals surface area (Å²) in [6, 6.07) is 5.07. The predicted octanol–water partition coefficient (Wildman–Crippen LogP) is 3.42. The van der Waals surface area contributed by atoms with Crippen LogP contribution in [0.5, 0.6) is 11.6 Å². The van der Waals surface area contributed by atoms with Crippen LogP contribution in [0.4, 0.5) is 4.39 Å². The van der Waals surface area contributed by atoms with E-state index >= 15 is 0 Å². The average molecular weight is 338 g/mol. The summed E-state index contributed by atoms with van der Waals surface area (Å²) >= 11 is 3.12. The summed E-state index contributed by atoms with van der Waals surface area (Å²) in [5.74, 6) is 0.587. The van der Waals surface area contributed by atoms with Gasteiger partial charge in [-0.1, -0.05) is 0 Å². The molecule has 2 aromatic rings. The molecule has 1 aromatic carbocycles. The Bertz CT molecular complexity index is 619. The van der Waals surface area contributed by atoms with Crippen LogP contribution >= 0.6 is 15.9 Å². The van der Waals surface area contributed by atoms with Crippen LogP contribution in [0.15, 0.2) is 35.1 Å². The highest BCUT2D eigenvalue weighted by molar-refractivity contribution is 9.10. The first-order valence-electron chi connectivity index (χ1n) is 6.38. The first-order chi connectivity index (χ1) is 9.70. The molecule has 104 valence electrons. The Kier molecular flexibility index (Phi) is 3.93. The molecule has 3 rings (SSSR count). The number of hydrogen-bond acceptors (Lipinski definition) is 4. The van der Waals surface area contributed by atoms with Crippen molar-refractivity contribution in [3.63, 3.8) is 0 Å². The molecule has 0 atom stereocenters. The van der Waals surface area contributed by atoms with Crippen LogP contribution < -0.4 is 10.1 Å². The molecule has 0 amide bonds. The van der Waals surface area contributed by atoms with E-state index in [1.54, 1.807) is 18.3 Å². The molecule has 0 unspecified atom stereocenters. The molecule has 1 aromatic heterocycles. The summed E-state index contributed by atoms with van der Waals surface area (Å²) in [6.45, 7) is 0.683. The van der Waals surface area contributed by atoms with Gasteiger partial charge >= 0.3 is 0 Å². The van der Waals surface area contributed by atoms with Crippen molar-refractivity contribution < 1.29 is 9.13 Å². The fraction of sp³-hybridized carbons (Fsp3) is 0.286. The summed E-state index contributed by atoms with van der Waals surface area (Å²) in [5, 5.41) is 3.37. The lowest BCUT2D eigenvalue weighted by atomic mass is 10.3. The summed E-state index contributed by atoms with van der Waals surface area (Å²) in [4.78, 5) is 8.47. The number of rotatable bonds is 5. The Morgan fingerprint density at radius 3 is 2.95 bits per heavy atom. The Morgan fingerprint density at radius 1 is 1.35 bits per heavy atom. The molecule has 1 saturated carbocycles. The van der Waals surface area contributed by atoms with Gasteiger partial charge in [-0.05, 0) is 47.0 Å². The second-order valence-corrected chi connectivity index (χ2v) is 5.54. The zero-order valence-corrected chi connectivity index (χ0v) is 12.2. The van der Waals surface area contributed by atoms with E-state index in [2.05, 4.69) is 31.2 Å². The van der Waals surface area contributed by atoms with E-state index in [-0.39, 0.29) is 5.82 Å². The van der Waals surface area contributed by atoms with Gasteiger partial charge in [0.05, 0.1) is 16.4 Å². The Balaban J connectivity index is 1.69. The molecule has 1 aliphatic carbocycles. The van der Waals surface area contributed by atoms with Crippen molar-refractivity contribution in [3.05, 3.63) is 46.6 Å². The van der Waals surface area contributed by atoms with Gasteiger partial charge in [0.15, 0.2) is 0 Å². The van der Waals surface area contributed by atoms with E-state index in [4.69, 9.17) is 4.74 Å². The van der Waals surface area contributed by atoms with Gasteiger partial charge in [0.2, 0.25) is 5.88 Å². The van der Waals surface area contributed by atoms with Gasteiger partial charge in [-0.25, -0.2) is 9.37 Å². The largest absolute Gasteiger partial charge is 0.437 e. The summed E-state index contributed by atoms with van der Waals surface area (Å²) in [5.41, 5.74) is 0.829. The van der Waals surface area contributed by atoms with Crippen molar-refractivity contribution in [1.29, 1.82) is 0 Å². The summed E-state index contributed by atoms with van der Waals surface area (Å²) < 4.78 is 19.1. The van der Waals surface area contributed by atoms with Crippen LogP contribution in [-0.2, 0) is 6.54 Å². The van der Waals surface area contributed by atoms with E-state index in [9.17, 15) is 4.39 Å². The van der Waals surface area contributed by atoms with Crippen molar-refractivity contribution in [1.82, 2.24) is 15.3 Å². The van der Waals surface area contributed by atoms with Crippen molar-refractivity contribution in [2.24, 2.45) is 0 Å². The highest BCUT2D eigenvalue weighted by atomic mass is 79.9. The van der Waals surface area contributed by atoms with Gasteiger partial charge in [0, 0.05) is 18.8 Å². The third-order valence-electron chi connectivity index (χ3n) is 2.93. The van der Waals surface area contributed by atoms with Crippen molar-refractivity contribution in [3.8, 4) is 11.6 Å². The Hall–Kier alpha value is -1.53. The zero-order chi connectivity index (χ0) is 13.9. The molecule has 0 saturated heterocycles. The summed E-state index contributed by atoms with van der Waals surface area (Å²) in [7, 11) is 0. The SMILES string of the molecule is Fc1ccc(Oc2cncc(CNC3CC3)n2)cc1Br. The molecule has 20 heavy (non-hydrogen) atoms. The minimum absolute atomic E-state index is 0.328. The van der Waals surface area contributed by atoms with Crippen LogP contribution in [-0.4, -0.2) is 16.0 Å². The molecule has 1 aliphatic rings. The van der Waals surface area contributed by atoms with Crippen LogP contribution in [0, 0.1) is 5.82 Å². The zero-order valence-electron chi connectivity index (χ0n) is 10.6. The second-order valence-electron chi connectivity index (χ2n) is 4.68. The number of hydrogen-bond donors (Lipinski definition) is 1. The fourth-order valence-corrected chi connectivity index (χ4v) is 2.08. The maximum Gasteiger partial charge on any atom is 0.238 e. The van der Waals surface area contributed by atoms with Crippen LogP contribution in [0.3, 0.4) is 0 Å². The lowest BCUT2D eigenvalue weighted by molar-refractivity contribution is 0.454.